The molecule has 0 spiro atoms. The molecule has 0 aliphatic rings. The highest BCUT2D eigenvalue weighted by molar-refractivity contribution is 6.34. The summed E-state index contributed by atoms with van der Waals surface area (Å²) in [4.78, 5) is 12.9. The van der Waals surface area contributed by atoms with Crippen LogP contribution in [-0.4, -0.2) is 29.9 Å². The lowest BCUT2D eigenvalue weighted by Gasteiger charge is -2.13. The lowest BCUT2D eigenvalue weighted by atomic mass is 10.1. The maximum Gasteiger partial charge on any atom is 0.260 e. The minimum absolute atomic E-state index is 0.139. The second-order valence-corrected chi connectivity index (χ2v) is 6.47. The maximum atomic E-state index is 13.2. The van der Waals surface area contributed by atoms with Crippen LogP contribution in [0, 0.1) is 19.7 Å². The Morgan fingerprint density at radius 2 is 1.71 bits per heavy atom. The number of ether oxygens (including phenoxy) is 2. The zero-order valence-electron chi connectivity index (χ0n) is 15.8. The van der Waals surface area contributed by atoms with E-state index in [9.17, 15) is 9.18 Å². The quantitative estimate of drug-likeness (QED) is 0.678. The highest BCUT2D eigenvalue weighted by Crippen LogP contribution is 2.33. The van der Waals surface area contributed by atoms with E-state index in [4.69, 9.17) is 21.1 Å². The molecule has 1 aromatic heterocycles. The Kier molecular flexibility index (Phi) is 5.56. The van der Waals surface area contributed by atoms with E-state index in [2.05, 4.69) is 10.4 Å². The highest BCUT2D eigenvalue weighted by atomic mass is 35.5. The first-order valence-corrected chi connectivity index (χ1v) is 8.78. The fourth-order valence-electron chi connectivity index (χ4n) is 2.81. The monoisotopic (exact) mass is 403 g/mol. The second-order valence-electron chi connectivity index (χ2n) is 6.12. The number of aryl methyl sites for hydroxylation is 2. The van der Waals surface area contributed by atoms with E-state index in [0.29, 0.717) is 28.6 Å². The number of carbonyl (C=O) groups excluding carboxylic acids is 1. The Morgan fingerprint density at radius 3 is 2.32 bits per heavy atom. The van der Waals surface area contributed by atoms with Crippen LogP contribution in [0.15, 0.2) is 36.4 Å². The summed E-state index contributed by atoms with van der Waals surface area (Å²) in [6.07, 6.45) is 0. The summed E-state index contributed by atoms with van der Waals surface area (Å²) in [5.41, 5.74) is 2.60. The molecule has 0 radical (unpaired) electrons. The zero-order valence-corrected chi connectivity index (χ0v) is 16.6. The number of amides is 1. The van der Waals surface area contributed by atoms with Gasteiger partial charge in [-0.1, -0.05) is 11.6 Å². The molecule has 146 valence electrons. The molecule has 1 heterocycles. The molecule has 2 aromatic carbocycles. The molecule has 0 aliphatic heterocycles. The van der Waals surface area contributed by atoms with Gasteiger partial charge < -0.3 is 14.8 Å². The van der Waals surface area contributed by atoms with Gasteiger partial charge in [-0.2, -0.15) is 5.10 Å². The van der Waals surface area contributed by atoms with E-state index in [1.165, 1.54) is 36.1 Å². The summed E-state index contributed by atoms with van der Waals surface area (Å²) in [7, 11) is 3.06. The smallest absolute Gasteiger partial charge is 0.260 e. The number of halogens is 2. The van der Waals surface area contributed by atoms with Crippen molar-refractivity contribution in [2.24, 2.45) is 0 Å². The molecule has 3 rings (SSSR count). The number of methoxy groups -OCH3 is 2. The van der Waals surface area contributed by atoms with Crippen LogP contribution in [0.3, 0.4) is 0 Å². The van der Waals surface area contributed by atoms with E-state index in [-0.39, 0.29) is 16.5 Å². The predicted octanol–water partition coefficient (Wildman–Crippen LogP) is 4.55. The number of benzene rings is 2. The van der Waals surface area contributed by atoms with Gasteiger partial charge in [0.25, 0.3) is 5.91 Å². The average molecular weight is 404 g/mol. The number of rotatable bonds is 5. The number of hydrogen-bond acceptors (Lipinski definition) is 4. The lowest BCUT2D eigenvalue weighted by molar-refractivity contribution is 0.102. The van der Waals surface area contributed by atoms with Gasteiger partial charge in [0.1, 0.15) is 16.5 Å². The third kappa shape index (κ3) is 3.66. The summed E-state index contributed by atoms with van der Waals surface area (Å²) in [6.45, 7) is 3.52. The number of nitrogens with zero attached hydrogens (tertiary/aromatic N) is 2. The van der Waals surface area contributed by atoms with Crippen molar-refractivity contribution >= 4 is 23.2 Å². The van der Waals surface area contributed by atoms with Crippen LogP contribution in [0.5, 0.6) is 11.5 Å². The van der Waals surface area contributed by atoms with E-state index in [1.54, 1.807) is 26.2 Å². The average Bonchev–Trinajstić information content (AvgIpc) is 2.97. The molecule has 0 unspecified atom stereocenters. The highest BCUT2D eigenvalue weighted by Gasteiger charge is 2.22. The fourth-order valence-corrected chi connectivity index (χ4v) is 3.17. The molecule has 0 saturated heterocycles. The Labute approximate surface area is 166 Å². The molecule has 8 heteroatoms. The van der Waals surface area contributed by atoms with Crippen LogP contribution in [-0.2, 0) is 0 Å². The molecule has 6 nitrogen and oxygen atoms in total. The van der Waals surface area contributed by atoms with Crippen molar-refractivity contribution in [2.45, 2.75) is 13.8 Å². The van der Waals surface area contributed by atoms with Crippen LogP contribution >= 0.6 is 11.6 Å². The Morgan fingerprint density at radius 1 is 1.11 bits per heavy atom. The molecule has 0 aliphatic carbocycles. The molecular weight excluding hydrogens is 385 g/mol. The third-order valence-electron chi connectivity index (χ3n) is 4.28. The Bertz CT molecular complexity index is 1030. The Balaban J connectivity index is 1.95. The van der Waals surface area contributed by atoms with Crippen LogP contribution < -0.4 is 14.8 Å². The maximum absolute atomic E-state index is 13.2. The van der Waals surface area contributed by atoms with Crippen LogP contribution in [0.2, 0.25) is 5.15 Å². The van der Waals surface area contributed by atoms with Crippen molar-refractivity contribution in [3.05, 3.63) is 64.2 Å². The number of nitrogens with one attached hydrogen (secondary N) is 1. The zero-order chi connectivity index (χ0) is 20.4. The molecule has 1 N–H and O–H groups in total. The van der Waals surface area contributed by atoms with Crippen molar-refractivity contribution in [3.8, 4) is 17.2 Å². The largest absolute Gasteiger partial charge is 0.493 e. The van der Waals surface area contributed by atoms with Crippen molar-refractivity contribution < 1.29 is 18.7 Å². The van der Waals surface area contributed by atoms with Gasteiger partial charge in [-0.3, -0.25) is 4.79 Å². The summed E-state index contributed by atoms with van der Waals surface area (Å²) < 4.78 is 25.1. The molecule has 3 aromatic rings. The van der Waals surface area contributed by atoms with Gasteiger partial charge >= 0.3 is 0 Å². The fraction of sp³-hybridized carbons (Fsp3) is 0.200. The van der Waals surface area contributed by atoms with E-state index in [0.717, 1.165) is 5.56 Å². The molecular formula is C20H19ClFN3O3. The first-order valence-electron chi connectivity index (χ1n) is 8.40. The first-order chi connectivity index (χ1) is 13.3. The summed E-state index contributed by atoms with van der Waals surface area (Å²) >= 11 is 6.41. The number of aromatic nitrogens is 2. The molecule has 0 saturated carbocycles. The van der Waals surface area contributed by atoms with Crippen LogP contribution in [0.4, 0.5) is 10.1 Å². The minimum Gasteiger partial charge on any atom is -0.493 e. The minimum atomic E-state index is -0.411. The topological polar surface area (TPSA) is 65.4 Å². The van der Waals surface area contributed by atoms with Gasteiger partial charge in [-0.15, -0.1) is 0 Å². The number of carbonyl (C=O) groups is 1. The van der Waals surface area contributed by atoms with E-state index in [1.807, 2.05) is 6.92 Å². The van der Waals surface area contributed by atoms with E-state index >= 15 is 0 Å². The molecule has 0 atom stereocenters. The number of hydrogen-bond donors (Lipinski definition) is 1. The molecule has 28 heavy (non-hydrogen) atoms. The van der Waals surface area contributed by atoms with Crippen LogP contribution in [0.1, 0.15) is 21.6 Å². The van der Waals surface area contributed by atoms with Gasteiger partial charge in [-0.25, -0.2) is 9.07 Å². The Hall–Kier alpha value is -3.06. The van der Waals surface area contributed by atoms with Gasteiger partial charge in [0.15, 0.2) is 11.5 Å². The van der Waals surface area contributed by atoms with Crippen molar-refractivity contribution in [3.63, 3.8) is 0 Å². The molecule has 0 fully saturated rings. The summed E-state index contributed by atoms with van der Waals surface area (Å²) in [5, 5.41) is 7.29. The first kappa shape index (κ1) is 19.7. The normalized spacial score (nSPS) is 10.6. The van der Waals surface area contributed by atoms with Crippen LogP contribution in [0.25, 0.3) is 5.69 Å². The van der Waals surface area contributed by atoms with Gasteiger partial charge in [-0.05, 0) is 49.7 Å². The summed E-state index contributed by atoms with van der Waals surface area (Å²) in [5.74, 6) is 0.279. The summed E-state index contributed by atoms with van der Waals surface area (Å²) in [6, 6.07) is 9.12. The van der Waals surface area contributed by atoms with E-state index < -0.39 is 5.91 Å². The standard InChI is InChI=1S/C20H19ClFN3O3/c1-11-9-16(27-3)17(28-4)10-15(11)23-20(26)18-12(2)24-25(19(18)21)14-7-5-13(22)6-8-14/h5-10H,1-4H3,(H,23,26). The number of anilines is 1. The second kappa shape index (κ2) is 7.90. The van der Waals surface area contributed by atoms with Crippen molar-refractivity contribution in [2.75, 3.05) is 19.5 Å². The third-order valence-corrected chi connectivity index (χ3v) is 4.63. The predicted molar refractivity (Wildman–Crippen MR) is 106 cm³/mol. The van der Waals surface area contributed by atoms with Gasteiger partial charge in [0.05, 0.1) is 25.6 Å². The lowest BCUT2D eigenvalue weighted by Crippen LogP contribution is -2.14. The van der Waals surface area contributed by atoms with Gasteiger partial charge in [0.2, 0.25) is 0 Å². The van der Waals surface area contributed by atoms with Crippen molar-refractivity contribution in [1.29, 1.82) is 0 Å². The molecule has 1 amide bonds. The SMILES string of the molecule is COc1cc(C)c(NC(=O)c2c(C)nn(-c3ccc(F)cc3)c2Cl)cc1OC. The van der Waals surface area contributed by atoms with Gasteiger partial charge in [0, 0.05) is 11.8 Å². The molecule has 0 bridgehead atoms. The van der Waals surface area contributed by atoms with Crippen molar-refractivity contribution in [1.82, 2.24) is 9.78 Å².